The van der Waals surface area contributed by atoms with Gasteiger partial charge in [-0.05, 0) is 0 Å². The second kappa shape index (κ2) is 3.62. The molecular weight excluding hydrogens is 120 g/mol. The minimum Gasteiger partial charge on any atom is -0.258 e. The molecule has 0 aliphatic rings. The molecule has 0 rings (SSSR count). The fraction of sp³-hybridized carbons (Fsp3) is 1.00. The summed E-state index contributed by atoms with van der Waals surface area (Å²) in [5.74, 6) is 0.670. The molecule has 0 aromatic rings. The van der Waals surface area contributed by atoms with Gasteiger partial charge in [-0.1, -0.05) is 6.92 Å². The zero-order chi connectivity index (χ0) is 4.99. The summed E-state index contributed by atoms with van der Waals surface area (Å²) in [6.07, 6.45) is 0. The second-order valence-electron chi connectivity index (χ2n) is 0.838. The molecule has 1 atom stereocenters. The number of hydrogen-bond donors (Lipinski definition) is 0. The molecular formula is C3H7ClOS. The smallest absolute Gasteiger partial charge is 0.0979 e. The van der Waals surface area contributed by atoms with Crippen LogP contribution in [-0.2, 0) is 10.8 Å². The third-order valence-corrected chi connectivity index (χ3v) is 2.06. The zero-order valence-electron chi connectivity index (χ0n) is 3.61. The fourth-order valence-corrected chi connectivity index (χ4v) is 0.694. The van der Waals surface area contributed by atoms with Crippen LogP contribution in [0.25, 0.3) is 0 Å². The quantitative estimate of drug-likeness (QED) is 0.504. The number of hydrogen-bond acceptors (Lipinski definition) is 1. The third kappa shape index (κ3) is 2.67. The molecule has 0 N–H and O–H groups in total. The van der Waals surface area contributed by atoms with Crippen molar-refractivity contribution in [1.29, 1.82) is 0 Å². The van der Waals surface area contributed by atoms with Gasteiger partial charge in [0.1, 0.15) is 0 Å². The average molecular weight is 127 g/mol. The largest absolute Gasteiger partial charge is 0.258 e. The van der Waals surface area contributed by atoms with Crippen LogP contribution in [0.3, 0.4) is 0 Å². The van der Waals surface area contributed by atoms with Crippen LogP contribution in [0.2, 0.25) is 0 Å². The molecule has 0 heterocycles. The minimum absolute atomic E-state index is 0.274. The summed E-state index contributed by atoms with van der Waals surface area (Å²) in [6, 6.07) is 0. The van der Waals surface area contributed by atoms with Gasteiger partial charge in [0.05, 0.1) is 5.21 Å². The molecule has 0 aliphatic heterocycles. The van der Waals surface area contributed by atoms with Crippen molar-refractivity contribution >= 4 is 22.4 Å². The predicted molar refractivity (Wildman–Crippen MR) is 29.4 cm³/mol. The van der Waals surface area contributed by atoms with Gasteiger partial charge in [-0.3, -0.25) is 4.21 Å². The maximum Gasteiger partial charge on any atom is 0.0979 e. The van der Waals surface area contributed by atoms with Gasteiger partial charge in [-0.2, -0.15) is 0 Å². The molecule has 38 valence electrons. The van der Waals surface area contributed by atoms with Crippen molar-refractivity contribution in [3.63, 3.8) is 0 Å². The maximum atomic E-state index is 10.2. The van der Waals surface area contributed by atoms with E-state index in [1.54, 1.807) is 0 Å². The average Bonchev–Trinajstić information content (AvgIpc) is 1.65. The Morgan fingerprint density at radius 2 is 2.33 bits per heavy atom. The molecule has 0 bridgehead atoms. The lowest BCUT2D eigenvalue weighted by atomic mass is 11.0. The monoisotopic (exact) mass is 126 g/mol. The highest BCUT2D eigenvalue weighted by molar-refractivity contribution is 7.86. The number of halogens is 1. The molecule has 6 heavy (non-hydrogen) atoms. The molecule has 1 nitrogen and oxygen atoms in total. The standard InChI is InChI=1S/C3H7ClOS/c1-2-6(5)3-4/h2-3H2,1H3. The first-order chi connectivity index (χ1) is 2.81. The molecule has 0 spiro atoms. The van der Waals surface area contributed by atoms with Gasteiger partial charge >= 0.3 is 0 Å². The maximum absolute atomic E-state index is 10.2. The van der Waals surface area contributed by atoms with E-state index >= 15 is 0 Å². The Balaban J connectivity index is 2.99. The Morgan fingerprint density at radius 1 is 1.83 bits per heavy atom. The first-order valence-electron chi connectivity index (χ1n) is 1.72. The van der Waals surface area contributed by atoms with E-state index in [-0.39, 0.29) is 5.21 Å². The molecule has 0 saturated heterocycles. The van der Waals surface area contributed by atoms with Gasteiger partial charge in [0.25, 0.3) is 0 Å². The van der Waals surface area contributed by atoms with Crippen LogP contribution in [0.15, 0.2) is 0 Å². The Labute approximate surface area is 45.1 Å². The Bertz CT molecular complexity index is 48.8. The molecule has 1 unspecified atom stereocenters. The van der Waals surface area contributed by atoms with E-state index in [9.17, 15) is 4.21 Å². The van der Waals surface area contributed by atoms with Gasteiger partial charge in [-0.25, -0.2) is 0 Å². The van der Waals surface area contributed by atoms with E-state index in [0.717, 1.165) is 0 Å². The molecule has 0 amide bonds. The highest BCUT2D eigenvalue weighted by atomic mass is 35.5. The summed E-state index contributed by atoms with van der Waals surface area (Å²) in [7, 11) is -0.769. The molecule has 0 aromatic heterocycles. The Kier molecular flexibility index (Phi) is 3.89. The summed E-state index contributed by atoms with van der Waals surface area (Å²) in [6.45, 7) is 1.85. The van der Waals surface area contributed by atoms with Crippen molar-refractivity contribution in [1.82, 2.24) is 0 Å². The van der Waals surface area contributed by atoms with E-state index < -0.39 is 10.8 Å². The normalized spacial score (nSPS) is 14.3. The van der Waals surface area contributed by atoms with Crippen molar-refractivity contribution in [3.8, 4) is 0 Å². The second-order valence-corrected chi connectivity index (χ2v) is 3.17. The first kappa shape index (κ1) is 6.44. The summed E-state index contributed by atoms with van der Waals surface area (Å²) in [5, 5.41) is 0.274. The van der Waals surface area contributed by atoms with E-state index in [1.165, 1.54) is 0 Å². The lowest BCUT2D eigenvalue weighted by molar-refractivity contribution is 0.686. The van der Waals surface area contributed by atoms with Gasteiger partial charge in [-0.15, -0.1) is 11.6 Å². The topological polar surface area (TPSA) is 17.1 Å². The Morgan fingerprint density at radius 3 is 2.33 bits per heavy atom. The fourth-order valence-electron chi connectivity index (χ4n) is 0.0772. The Hall–Kier alpha value is 0.440. The summed E-state index contributed by atoms with van der Waals surface area (Å²) >= 11 is 5.15. The lowest BCUT2D eigenvalue weighted by Gasteiger charge is -1.82. The summed E-state index contributed by atoms with van der Waals surface area (Å²) in [4.78, 5) is 0. The van der Waals surface area contributed by atoms with Gasteiger partial charge in [0.2, 0.25) is 0 Å². The SMILES string of the molecule is CCS(=O)CCl. The highest BCUT2D eigenvalue weighted by Crippen LogP contribution is 1.82. The van der Waals surface area contributed by atoms with Crippen LogP contribution in [0.5, 0.6) is 0 Å². The van der Waals surface area contributed by atoms with Crippen molar-refractivity contribution in [2.75, 3.05) is 11.0 Å². The van der Waals surface area contributed by atoms with Crippen LogP contribution in [-0.4, -0.2) is 15.2 Å². The van der Waals surface area contributed by atoms with Crippen LogP contribution in [0.1, 0.15) is 6.92 Å². The third-order valence-electron chi connectivity index (χ3n) is 0.444. The summed E-state index contributed by atoms with van der Waals surface area (Å²) in [5.41, 5.74) is 0. The van der Waals surface area contributed by atoms with Crippen LogP contribution in [0, 0.1) is 0 Å². The molecule has 0 aliphatic carbocycles. The molecule has 0 saturated carbocycles. The van der Waals surface area contributed by atoms with Gasteiger partial charge in [0.15, 0.2) is 0 Å². The van der Waals surface area contributed by atoms with Crippen molar-refractivity contribution < 1.29 is 4.21 Å². The summed E-state index contributed by atoms with van der Waals surface area (Å²) < 4.78 is 10.2. The lowest BCUT2D eigenvalue weighted by Crippen LogP contribution is -1.90. The van der Waals surface area contributed by atoms with Gasteiger partial charge in [0, 0.05) is 16.6 Å². The first-order valence-corrected chi connectivity index (χ1v) is 3.74. The molecule has 0 radical (unpaired) electrons. The van der Waals surface area contributed by atoms with Crippen molar-refractivity contribution in [3.05, 3.63) is 0 Å². The van der Waals surface area contributed by atoms with E-state index in [4.69, 9.17) is 11.6 Å². The van der Waals surface area contributed by atoms with E-state index in [0.29, 0.717) is 5.75 Å². The van der Waals surface area contributed by atoms with Crippen molar-refractivity contribution in [2.45, 2.75) is 6.92 Å². The zero-order valence-corrected chi connectivity index (χ0v) is 5.18. The molecule has 3 heteroatoms. The van der Waals surface area contributed by atoms with E-state index in [2.05, 4.69) is 0 Å². The van der Waals surface area contributed by atoms with Crippen LogP contribution in [0.4, 0.5) is 0 Å². The van der Waals surface area contributed by atoms with Crippen molar-refractivity contribution in [2.24, 2.45) is 0 Å². The van der Waals surface area contributed by atoms with Gasteiger partial charge < -0.3 is 0 Å². The van der Waals surface area contributed by atoms with Crippen LogP contribution < -0.4 is 0 Å². The van der Waals surface area contributed by atoms with E-state index in [1.807, 2.05) is 6.92 Å². The number of rotatable bonds is 2. The molecule has 0 fully saturated rings. The van der Waals surface area contributed by atoms with Crippen LogP contribution >= 0.6 is 11.6 Å². The number of alkyl halides is 1. The highest BCUT2D eigenvalue weighted by Gasteiger charge is 1.85. The molecule has 0 aromatic carbocycles. The predicted octanol–water partition coefficient (Wildman–Crippen LogP) is 0.951. The minimum atomic E-state index is -0.769.